The lowest BCUT2D eigenvalue weighted by molar-refractivity contribution is -0.158. The predicted molar refractivity (Wildman–Crippen MR) is 122 cm³/mol. The molecule has 1 aliphatic rings. The molecule has 0 saturated heterocycles. The van der Waals surface area contributed by atoms with Gasteiger partial charge in [-0.3, -0.25) is 4.79 Å². The Morgan fingerprint density at radius 2 is 1.82 bits per heavy atom. The molecule has 0 radical (unpaired) electrons. The first-order valence-electron chi connectivity index (χ1n) is 10.1. The van der Waals surface area contributed by atoms with E-state index >= 15 is 0 Å². The summed E-state index contributed by atoms with van der Waals surface area (Å²) in [5.41, 5.74) is -2.98. The van der Waals surface area contributed by atoms with Crippen molar-refractivity contribution >= 4 is 41.3 Å². The molecule has 0 N–H and O–H groups in total. The number of nitrogens with zero attached hydrogens (tertiary/aromatic N) is 5. The van der Waals surface area contributed by atoms with Crippen molar-refractivity contribution in [2.24, 2.45) is 4.99 Å². The summed E-state index contributed by atoms with van der Waals surface area (Å²) >= 11 is 12.4. The standard InChI is InChI=1S/C22H22Cl2F3N5O2/c1-20(2,3)34-19(33)21(6-7-21)16-15(10-28)30-32(18(16)29-11-31(4)5)17-13(23)8-12(9-14(17)24)22(25,26)27/h8-9,11H,6-7H2,1-5H3. The highest BCUT2D eigenvalue weighted by Crippen LogP contribution is 2.55. The van der Waals surface area contributed by atoms with Crippen LogP contribution in [0.15, 0.2) is 17.1 Å². The van der Waals surface area contributed by atoms with Crippen LogP contribution >= 0.6 is 23.2 Å². The maximum absolute atomic E-state index is 13.2. The maximum atomic E-state index is 13.2. The number of hydrogen-bond acceptors (Lipinski definition) is 5. The molecule has 1 fully saturated rings. The molecule has 1 saturated carbocycles. The number of aliphatic imine (C=N–C) groups is 1. The van der Waals surface area contributed by atoms with Gasteiger partial charge in [-0.25, -0.2) is 9.67 Å². The molecule has 7 nitrogen and oxygen atoms in total. The molecule has 182 valence electrons. The first kappa shape index (κ1) is 25.8. The van der Waals surface area contributed by atoms with E-state index in [2.05, 4.69) is 10.1 Å². The van der Waals surface area contributed by atoms with E-state index in [0.29, 0.717) is 12.8 Å². The van der Waals surface area contributed by atoms with Crippen molar-refractivity contribution < 1.29 is 22.7 Å². The van der Waals surface area contributed by atoms with Gasteiger partial charge in [-0.05, 0) is 45.7 Å². The first-order chi connectivity index (χ1) is 15.6. The normalized spacial score (nSPS) is 15.3. The molecular weight excluding hydrogens is 494 g/mol. The Morgan fingerprint density at radius 1 is 1.26 bits per heavy atom. The first-order valence-corrected chi connectivity index (χ1v) is 10.9. The second-order valence-electron chi connectivity index (χ2n) is 9.15. The van der Waals surface area contributed by atoms with Gasteiger partial charge in [-0.2, -0.15) is 23.5 Å². The molecular formula is C22H22Cl2F3N5O2. The van der Waals surface area contributed by atoms with Crippen molar-refractivity contribution in [1.29, 1.82) is 5.26 Å². The minimum atomic E-state index is -4.67. The number of rotatable bonds is 5. The van der Waals surface area contributed by atoms with Gasteiger partial charge in [-0.15, -0.1) is 0 Å². The number of nitriles is 1. The highest BCUT2D eigenvalue weighted by Gasteiger charge is 2.57. The minimum absolute atomic E-state index is 0.0529. The Labute approximate surface area is 204 Å². The highest BCUT2D eigenvalue weighted by atomic mass is 35.5. The van der Waals surface area contributed by atoms with Gasteiger partial charge in [0, 0.05) is 14.1 Å². The van der Waals surface area contributed by atoms with Gasteiger partial charge >= 0.3 is 12.1 Å². The number of alkyl halides is 3. The van der Waals surface area contributed by atoms with Gasteiger partial charge in [0.15, 0.2) is 11.5 Å². The molecule has 0 amide bonds. The van der Waals surface area contributed by atoms with Crippen LogP contribution < -0.4 is 0 Å². The van der Waals surface area contributed by atoms with E-state index in [-0.39, 0.29) is 32.8 Å². The molecule has 1 aliphatic carbocycles. The smallest absolute Gasteiger partial charge is 0.416 e. The second kappa shape index (κ2) is 8.78. The van der Waals surface area contributed by atoms with Crippen LogP contribution in [-0.2, 0) is 21.1 Å². The van der Waals surface area contributed by atoms with Crippen LogP contribution in [0.1, 0.15) is 50.4 Å². The molecule has 0 aliphatic heterocycles. The van der Waals surface area contributed by atoms with Crippen LogP contribution in [0.5, 0.6) is 0 Å². The highest BCUT2D eigenvalue weighted by molar-refractivity contribution is 6.38. The van der Waals surface area contributed by atoms with E-state index in [4.69, 9.17) is 27.9 Å². The zero-order valence-electron chi connectivity index (χ0n) is 19.1. The molecule has 2 aromatic rings. The van der Waals surface area contributed by atoms with Crippen molar-refractivity contribution in [1.82, 2.24) is 14.7 Å². The zero-order chi connectivity index (χ0) is 25.6. The molecule has 0 bridgehead atoms. The monoisotopic (exact) mass is 515 g/mol. The molecule has 0 unspecified atom stereocenters. The number of halogens is 5. The van der Waals surface area contributed by atoms with Gasteiger partial charge in [0.25, 0.3) is 0 Å². The van der Waals surface area contributed by atoms with Crippen LogP contribution in [0.4, 0.5) is 19.0 Å². The molecule has 1 aromatic carbocycles. The molecule has 0 atom stereocenters. The fourth-order valence-electron chi connectivity index (χ4n) is 3.36. The molecule has 34 heavy (non-hydrogen) atoms. The predicted octanol–water partition coefficient (Wildman–Crippen LogP) is 5.66. The number of carbonyl (C=O) groups is 1. The third-order valence-electron chi connectivity index (χ3n) is 4.95. The van der Waals surface area contributed by atoms with Crippen molar-refractivity contribution in [3.63, 3.8) is 0 Å². The van der Waals surface area contributed by atoms with Gasteiger partial charge in [-0.1, -0.05) is 23.2 Å². The quantitative estimate of drug-likeness (QED) is 0.291. The maximum Gasteiger partial charge on any atom is 0.416 e. The Morgan fingerprint density at radius 3 is 2.24 bits per heavy atom. The SMILES string of the molecule is CN(C)C=Nc1c(C2(C(=O)OC(C)(C)C)CC2)c(C#N)nn1-c1c(Cl)cc(C(F)(F)F)cc1Cl. The summed E-state index contributed by atoms with van der Waals surface area (Å²) in [5.74, 6) is -0.487. The third kappa shape index (κ3) is 5.00. The van der Waals surface area contributed by atoms with E-state index in [0.717, 1.165) is 16.8 Å². The van der Waals surface area contributed by atoms with Gasteiger partial charge < -0.3 is 9.64 Å². The van der Waals surface area contributed by atoms with Gasteiger partial charge in [0.1, 0.15) is 17.4 Å². The average Bonchev–Trinajstić information content (AvgIpc) is 3.40. The van der Waals surface area contributed by atoms with Crippen molar-refractivity contribution in [2.45, 2.75) is 50.8 Å². The molecule has 12 heteroatoms. The largest absolute Gasteiger partial charge is 0.459 e. The lowest BCUT2D eigenvalue weighted by Crippen LogP contribution is -2.32. The number of benzene rings is 1. The fraction of sp³-hybridized carbons (Fsp3) is 0.455. The third-order valence-corrected chi connectivity index (χ3v) is 5.53. The summed E-state index contributed by atoms with van der Waals surface area (Å²) in [5, 5.41) is 13.4. The number of carbonyl (C=O) groups excluding carboxylic acids is 1. The summed E-state index contributed by atoms with van der Waals surface area (Å²) in [6.45, 7) is 5.17. The molecule has 1 aromatic heterocycles. The van der Waals surface area contributed by atoms with E-state index in [1.165, 1.54) is 6.34 Å². The van der Waals surface area contributed by atoms with E-state index < -0.39 is 28.7 Å². The summed E-state index contributed by atoms with van der Waals surface area (Å²) in [6, 6.07) is 3.40. The second-order valence-corrected chi connectivity index (χ2v) is 9.96. The van der Waals surface area contributed by atoms with Crippen LogP contribution in [-0.4, -0.2) is 46.7 Å². The fourth-order valence-corrected chi connectivity index (χ4v) is 4.01. The number of aromatic nitrogens is 2. The minimum Gasteiger partial charge on any atom is -0.459 e. The number of esters is 1. The van der Waals surface area contributed by atoms with E-state index in [1.807, 2.05) is 6.07 Å². The van der Waals surface area contributed by atoms with Crippen molar-refractivity contribution in [3.8, 4) is 11.8 Å². The van der Waals surface area contributed by atoms with Gasteiger partial charge in [0.2, 0.25) is 0 Å². The Hall–Kier alpha value is -2.77. The summed E-state index contributed by atoms with van der Waals surface area (Å²) in [4.78, 5) is 19.1. The van der Waals surface area contributed by atoms with E-state index in [1.54, 1.807) is 39.8 Å². The Bertz CT molecular complexity index is 1180. The van der Waals surface area contributed by atoms with Gasteiger partial charge in [0.05, 0.1) is 32.9 Å². The number of ether oxygens (including phenoxy) is 1. The van der Waals surface area contributed by atoms with Crippen LogP contribution in [0.25, 0.3) is 5.69 Å². The average molecular weight is 516 g/mol. The topological polar surface area (TPSA) is 83.5 Å². The summed E-state index contributed by atoms with van der Waals surface area (Å²) in [6.07, 6.45) is -2.47. The molecule has 3 rings (SSSR count). The lowest BCUT2D eigenvalue weighted by Gasteiger charge is -2.24. The zero-order valence-corrected chi connectivity index (χ0v) is 20.6. The van der Waals surface area contributed by atoms with E-state index in [9.17, 15) is 23.2 Å². The summed E-state index contributed by atoms with van der Waals surface area (Å²) < 4.78 is 46.3. The number of hydrogen-bond donors (Lipinski definition) is 0. The van der Waals surface area contributed by atoms with Crippen LogP contribution in [0.3, 0.4) is 0 Å². The van der Waals surface area contributed by atoms with Crippen LogP contribution in [0.2, 0.25) is 10.0 Å². The lowest BCUT2D eigenvalue weighted by atomic mass is 9.95. The van der Waals surface area contributed by atoms with Crippen LogP contribution in [0, 0.1) is 11.3 Å². The van der Waals surface area contributed by atoms with Crippen molar-refractivity contribution in [3.05, 3.63) is 39.0 Å². The summed E-state index contributed by atoms with van der Waals surface area (Å²) in [7, 11) is 3.40. The Kier molecular flexibility index (Phi) is 6.68. The molecule has 1 heterocycles. The molecule has 0 spiro atoms. The van der Waals surface area contributed by atoms with Crippen molar-refractivity contribution in [2.75, 3.05) is 14.1 Å². The Balaban J connectivity index is 2.29.